The number of hydrogen-bond acceptors (Lipinski definition) is 5. The second-order valence-corrected chi connectivity index (χ2v) is 5.72. The Balaban J connectivity index is 1.97. The van der Waals surface area contributed by atoms with Gasteiger partial charge in [0.2, 0.25) is 11.5 Å². The molecule has 0 amide bonds. The summed E-state index contributed by atoms with van der Waals surface area (Å²) in [5.41, 5.74) is 0.144. The van der Waals surface area contributed by atoms with Gasteiger partial charge < -0.3 is 9.47 Å². The second kappa shape index (κ2) is 5.77. The summed E-state index contributed by atoms with van der Waals surface area (Å²) in [4.78, 5) is 20.3. The second-order valence-electron chi connectivity index (χ2n) is 5.36. The molecule has 0 unspecified atom stereocenters. The number of rotatable bonds is 4. The number of carbonyl (C=O) groups is 1. The van der Waals surface area contributed by atoms with Crippen molar-refractivity contribution in [2.24, 2.45) is 0 Å². The van der Waals surface area contributed by atoms with Crippen molar-refractivity contribution in [2.75, 3.05) is 7.11 Å². The van der Waals surface area contributed by atoms with Crippen LogP contribution in [-0.2, 0) is 9.53 Å². The molecule has 2 aromatic rings. The van der Waals surface area contributed by atoms with Crippen molar-refractivity contribution < 1.29 is 18.7 Å². The average Bonchev–Trinajstić information content (AvgIpc) is 3.32. The maximum atomic E-state index is 13.0. The Hall–Kier alpha value is -2.21. The van der Waals surface area contributed by atoms with Crippen molar-refractivity contribution in [1.29, 1.82) is 0 Å². The van der Waals surface area contributed by atoms with E-state index in [1.165, 1.54) is 19.2 Å². The van der Waals surface area contributed by atoms with Gasteiger partial charge >= 0.3 is 5.97 Å². The molecule has 120 valence electrons. The Morgan fingerprint density at radius 3 is 2.48 bits per heavy atom. The fourth-order valence-corrected chi connectivity index (χ4v) is 2.29. The summed E-state index contributed by atoms with van der Waals surface area (Å²) in [6.07, 6.45) is 1.12. The summed E-state index contributed by atoms with van der Waals surface area (Å²) < 4.78 is 23.6. The number of methoxy groups -OCH3 is 1. The lowest BCUT2D eigenvalue weighted by molar-refractivity contribution is -0.151. The summed E-state index contributed by atoms with van der Waals surface area (Å²) in [5.74, 6) is -0.260. The number of ether oxygens (including phenoxy) is 2. The largest absolute Gasteiger partial charge is 0.466 e. The van der Waals surface area contributed by atoms with E-state index in [1.807, 2.05) is 0 Å². The molecule has 0 radical (unpaired) electrons. The van der Waals surface area contributed by atoms with Gasteiger partial charge in [0, 0.05) is 24.0 Å². The monoisotopic (exact) mass is 336 g/mol. The van der Waals surface area contributed by atoms with Gasteiger partial charge in [-0.3, -0.25) is 0 Å². The van der Waals surface area contributed by atoms with Crippen molar-refractivity contribution in [3.8, 4) is 17.3 Å². The van der Waals surface area contributed by atoms with Crippen molar-refractivity contribution in [3.63, 3.8) is 0 Å². The van der Waals surface area contributed by atoms with Crippen LogP contribution in [0.5, 0.6) is 5.88 Å². The number of nitrogens with zero attached hydrogens (tertiary/aromatic N) is 2. The van der Waals surface area contributed by atoms with Crippen molar-refractivity contribution >= 4 is 17.6 Å². The molecule has 1 fully saturated rings. The molecule has 1 heterocycles. The van der Waals surface area contributed by atoms with Crippen LogP contribution in [0.25, 0.3) is 11.4 Å². The molecule has 1 saturated carbocycles. The van der Waals surface area contributed by atoms with Crippen LogP contribution in [0, 0.1) is 12.7 Å². The lowest BCUT2D eigenvalue weighted by atomic mass is 10.2. The van der Waals surface area contributed by atoms with Gasteiger partial charge in [0.25, 0.3) is 0 Å². The Bertz CT molecular complexity index is 761. The molecular formula is C16H14ClFN2O3. The van der Waals surface area contributed by atoms with Gasteiger partial charge in [-0.2, -0.15) is 4.98 Å². The molecule has 7 heteroatoms. The van der Waals surface area contributed by atoms with Gasteiger partial charge in [0.15, 0.2) is 5.82 Å². The highest BCUT2D eigenvalue weighted by molar-refractivity contribution is 6.30. The first-order valence-electron chi connectivity index (χ1n) is 7.03. The van der Waals surface area contributed by atoms with Gasteiger partial charge in [-0.05, 0) is 31.2 Å². The first-order valence-corrected chi connectivity index (χ1v) is 7.40. The van der Waals surface area contributed by atoms with E-state index in [4.69, 9.17) is 21.1 Å². The lowest BCUT2D eigenvalue weighted by Crippen LogP contribution is -2.31. The van der Waals surface area contributed by atoms with Crippen LogP contribution in [0.3, 0.4) is 0 Å². The molecule has 0 saturated heterocycles. The van der Waals surface area contributed by atoms with Crippen LogP contribution in [0.2, 0.25) is 5.15 Å². The molecule has 1 aromatic carbocycles. The molecule has 1 aromatic heterocycles. The van der Waals surface area contributed by atoms with Crippen molar-refractivity contribution in [2.45, 2.75) is 25.4 Å². The fraction of sp³-hybridized carbons (Fsp3) is 0.312. The van der Waals surface area contributed by atoms with E-state index in [9.17, 15) is 9.18 Å². The minimum Gasteiger partial charge on any atom is -0.466 e. The van der Waals surface area contributed by atoms with Crippen LogP contribution >= 0.6 is 11.6 Å². The number of carbonyl (C=O) groups excluding carboxylic acids is 1. The minimum absolute atomic E-state index is 0.218. The molecule has 1 aliphatic carbocycles. The Kier molecular flexibility index (Phi) is 3.93. The summed E-state index contributed by atoms with van der Waals surface area (Å²) in [7, 11) is 1.32. The van der Waals surface area contributed by atoms with Crippen molar-refractivity contribution in [3.05, 3.63) is 40.8 Å². The van der Waals surface area contributed by atoms with E-state index >= 15 is 0 Å². The third kappa shape index (κ3) is 2.99. The molecule has 23 heavy (non-hydrogen) atoms. The number of esters is 1. The van der Waals surface area contributed by atoms with Gasteiger partial charge in [-0.1, -0.05) is 11.6 Å². The van der Waals surface area contributed by atoms with E-state index in [0.29, 0.717) is 29.8 Å². The number of aromatic nitrogens is 2. The highest BCUT2D eigenvalue weighted by Gasteiger charge is 2.55. The smallest absolute Gasteiger partial charge is 0.350 e. The third-order valence-electron chi connectivity index (χ3n) is 3.70. The fourth-order valence-electron chi connectivity index (χ4n) is 2.13. The van der Waals surface area contributed by atoms with Crippen LogP contribution in [0.1, 0.15) is 18.4 Å². The number of hydrogen-bond donors (Lipinski definition) is 0. The highest BCUT2D eigenvalue weighted by Crippen LogP contribution is 2.42. The molecule has 0 bridgehead atoms. The molecule has 3 rings (SSSR count). The van der Waals surface area contributed by atoms with Crippen LogP contribution in [0.15, 0.2) is 24.3 Å². The summed E-state index contributed by atoms with van der Waals surface area (Å²) >= 11 is 6.14. The van der Waals surface area contributed by atoms with Crippen LogP contribution < -0.4 is 4.74 Å². The molecular weight excluding hydrogens is 323 g/mol. The Labute approximate surface area is 137 Å². The SMILES string of the molecule is COC(=O)C1(Oc2nc(-c3ccc(F)cc3)nc(Cl)c2C)CC1. The third-order valence-corrected chi connectivity index (χ3v) is 4.07. The zero-order chi connectivity index (χ0) is 16.6. The predicted molar refractivity (Wildman–Crippen MR) is 81.8 cm³/mol. The topological polar surface area (TPSA) is 61.3 Å². The molecule has 0 spiro atoms. The Morgan fingerprint density at radius 2 is 1.91 bits per heavy atom. The van der Waals surface area contributed by atoms with Gasteiger partial charge in [0.1, 0.15) is 11.0 Å². The lowest BCUT2D eigenvalue weighted by Gasteiger charge is -2.17. The predicted octanol–water partition coefficient (Wildman–Crippen LogP) is 3.33. The Morgan fingerprint density at radius 1 is 1.26 bits per heavy atom. The van der Waals surface area contributed by atoms with Crippen molar-refractivity contribution in [1.82, 2.24) is 9.97 Å². The first kappa shape index (κ1) is 15.7. The van der Waals surface area contributed by atoms with E-state index in [2.05, 4.69) is 9.97 Å². The van der Waals surface area contributed by atoms with Gasteiger partial charge in [-0.15, -0.1) is 0 Å². The van der Waals surface area contributed by atoms with E-state index < -0.39 is 11.6 Å². The molecule has 1 aliphatic rings. The minimum atomic E-state index is -0.989. The number of halogens is 2. The van der Waals surface area contributed by atoms with Gasteiger partial charge in [0.05, 0.1) is 7.11 Å². The quantitative estimate of drug-likeness (QED) is 0.633. The molecule has 0 aliphatic heterocycles. The van der Waals surface area contributed by atoms with Crippen LogP contribution in [-0.4, -0.2) is 28.6 Å². The van der Waals surface area contributed by atoms with Crippen LogP contribution in [0.4, 0.5) is 4.39 Å². The number of benzene rings is 1. The molecule has 0 N–H and O–H groups in total. The first-order chi connectivity index (χ1) is 10.9. The van der Waals surface area contributed by atoms with E-state index in [-0.39, 0.29) is 16.9 Å². The summed E-state index contributed by atoms with van der Waals surface area (Å²) in [6, 6.07) is 5.72. The standard InChI is InChI=1S/C16H14ClFN2O3/c1-9-12(17)19-13(10-3-5-11(18)6-4-10)20-14(9)23-16(7-8-16)15(21)22-2/h3-6H,7-8H2,1-2H3. The molecule has 5 nitrogen and oxygen atoms in total. The highest BCUT2D eigenvalue weighted by atomic mass is 35.5. The zero-order valence-corrected chi connectivity index (χ0v) is 13.4. The normalized spacial score (nSPS) is 15.1. The maximum absolute atomic E-state index is 13.0. The maximum Gasteiger partial charge on any atom is 0.350 e. The van der Waals surface area contributed by atoms with E-state index in [1.54, 1.807) is 19.1 Å². The molecule has 0 atom stereocenters. The van der Waals surface area contributed by atoms with Gasteiger partial charge in [-0.25, -0.2) is 14.2 Å². The average molecular weight is 337 g/mol. The van der Waals surface area contributed by atoms with E-state index in [0.717, 1.165) is 0 Å². The zero-order valence-electron chi connectivity index (χ0n) is 12.6. The summed E-state index contributed by atoms with van der Waals surface area (Å²) in [6.45, 7) is 1.71. The summed E-state index contributed by atoms with van der Waals surface area (Å²) in [5, 5.41) is 0.218.